The molecule has 0 spiro atoms. The molecule has 0 saturated carbocycles. The summed E-state index contributed by atoms with van der Waals surface area (Å²) in [5.41, 5.74) is 0.298. The van der Waals surface area contributed by atoms with Crippen molar-refractivity contribution in [2.45, 2.75) is 31.7 Å². The van der Waals surface area contributed by atoms with Gasteiger partial charge in [-0.05, 0) is 44.5 Å². The van der Waals surface area contributed by atoms with Gasteiger partial charge in [-0.3, -0.25) is 4.40 Å². The molecule has 3 rings (SSSR count). The van der Waals surface area contributed by atoms with Gasteiger partial charge in [-0.25, -0.2) is 22.6 Å². The fourth-order valence-corrected chi connectivity index (χ4v) is 3.92. The molecule has 0 unspecified atom stereocenters. The van der Waals surface area contributed by atoms with Crippen molar-refractivity contribution in [3.05, 3.63) is 53.1 Å². The predicted octanol–water partition coefficient (Wildman–Crippen LogP) is 1.66. The number of nitrogens with zero attached hydrogens (tertiary/aromatic N) is 3. The molecule has 29 heavy (non-hydrogen) atoms. The predicted molar refractivity (Wildman–Crippen MR) is 108 cm³/mol. The van der Waals surface area contributed by atoms with Crippen LogP contribution in [0.1, 0.15) is 20.3 Å². The molecular formula is C19H24N4O5S. The number of hydrogen-bond donors (Lipinski definition) is 1. The molecule has 1 N–H and O–H groups in total. The third-order valence-electron chi connectivity index (χ3n) is 4.15. The van der Waals surface area contributed by atoms with E-state index in [9.17, 15) is 13.2 Å². The van der Waals surface area contributed by atoms with E-state index in [0.29, 0.717) is 43.3 Å². The van der Waals surface area contributed by atoms with Crippen LogP contribution in [0.2, 0.25) is 0 Å². The number of pyridine rings is 1. The van der Waals surface area contributed by atoms with E-state index in [4.69, 9.17) is 9.47 Å². The van der Waals surface area contributed by atoms with Crippen LogP contribution in [0.25, 0.3) is 5.65 Å². The quantitative estimate of drug-likeness (QED) is 0.500. The van der Waals surface area contributed by atoms with Gasteiger partial charge in [0.1, 0.15) is 0 Å². The molecule has 3 aromatic rings. The van der Waals surface area contributed by atoms with Crippen molar-refractivity contribution in [1.82, 2.24) is 18.9 Å². The van der Waals surface area contributed by atoms with Crippen LogP contribution in [0.15, 0.2) is 52.3 Å². The summed E-state index contributed by atoms with van der Waals surface area (Å²) in [6.07, 6.45) is 2.06. The molecule has 0 fully saturated rings. The lowest BCUT2D eigenvalue weighted by molar-refractivity contribution is 0.287. The molecule has 9 nitrogen and oxygen atoms in total. The first-order chi connectivity index (χ1) is 14.0. The van der Waals surface area contributed by atoms with Crippen LogP contribution in [-0.2, 0) is 16.6 Å². The summed E-state index contributed by atoms with van der Waals surface area (Å²) in [6.45, 7) is 4.97. The molecule has 0 aliphatic carbocycles. The van der Waals surface area contributed by atoms with E-state index in [0.717, 1.165) is 0 Å². The van der Waals surface area contributed by atoms with Gasteiger partial charge in [0.2, 0.25) is 10.0 Å². The van der Waals surface area contributed by atoms with Crippen molar-refractivity contribution in [3.8, 4) is 11.5 Å². The maximum Gasteiger partial charge on any atom is 0.350 e. The Bertz CT molecular complexity index is 1140. The molecule has 0 radical (unpaired) electrons. The first-order valence-electron chi connectivity index (χ1n) is 9.39. The van der Waals surface area contributed by atoms with Crippen molar-refractivity contribution < 1.29 is 17.9 Å². The van der Waals surface area contributed by atoms with E-state index in [1.807, 2.05) is 13.8 Å². The molecular weight excluding hydrogens is 396 g/mol. The van der Waals surface area contributed by atoms with E-state index in [2.05, 4.69) is 9.82 Å². The summed E-state index contributed by atoms with van der Waals surface area (Å²) in [4.78, 5) is 12.3. The highest BCUT2D eigenvalue weighted by molar-refractivity contribution is 7.89. The SMILES string of the molecule is CCOc1ccc(S(=O)(=O)NCCCn2nc3ccccn3c2=O)cc1OCC. The molecule has 0 amide bonds. The lowest BCUT2D eigenvalue weighted by Gasteiger charge is -2.13. The third kappa shape index (κ3) is 4.77. The van der Waals surface area contributed by atoms with Gasteiger partial charge >= 0.3 is 5.69 Å². The van der Waals surface area contributed by atoms with Crippen LogP contribution >= 0.6 is 0 Å². The van der Waals surface area contributed by atoms with Crippen molar-refractivity contribution in [3.63, 3.8) is 0 Å². The smallest absolute Gasteiger partial charge is 0.350 e. The number of fused-ring (bicyclic) bond motifs is 1. The summed E-state index contributed by atoms with van der Waals surface area (Å²) in [6, 6.07) is 9.79. The Labute approximate surface area is 168 Å². The normalized spacial score (nSPS) is 11.7. The van der Waals surface area contributed by atoms with Crippen molar-refractivity contribution in [2.75, 3.05) is 19.8 Å². The van der Waals surface area contributed by atoms with Crippen LogP contribution in [0, 0.1) is 0 Å². The van der Waals surface area contributed by atoms with E-state index in [1.54, 1.807) is 30.5 Å². The van der Waals surface area contributed by atoms with E-state index in [-0.39, 0.29) is 17.1 Å². The highest BCUT2D eigenvalue weighted by atomic mass is 32.2. The Hall–Kier alpha value is -2.85. The molecule has 2 heterocycles. The molecule has 2 aromatic heterocycles. The second-order valence-electron chi connectivity index (χ2n) is 6.16. The third-order valence-corrected chi connectivity index (χ3v) is 5.61. The Balaban J connectivity index is 1.64. The Morgan fingerprint density at radius 3 is 2.55 bits per heavy atom. The molecule has 0 saturated heterocycles. The average Bonchev–Trinajstić information content (AvgIpc) is 3.03. The second kappa shape index (κ2) is 9.10. The summed E-state index contributed by atoms with van der Waals surface area (Å²) < 4.78 is 41.4. The average molecular weight is 420 g/mol. The minimum atomic E-state index is -3.72. The largest absolute Gasteiger partial charge is 0.490 e. The molecule has 156 valence electrons. The van der Waals surface area contributed by atoms with Gasteiger partial charge in [-0.2, -0.15) is 0 Å². The number of sulfonamides is 1. The van der Waals surface area contributed by atoms with Crippen LogP contribution in [0.4, 0.5) is 0 Å². The number of ether oxygens (including phenoxy) is 2. The minimum Gasteiger partial charge on any atom is -0.490 e. The van der Waals surface area contributed by atoms with Gasteiger partial charge in [-0.1, -0.05) is 6.07 Å². The second-order valence-corrected chi connectivity index (χ2v) is 7.93. The van der Waals surface area contributed by atoms with E-state index >= 15 is 0 Å². The lowest BCUT2D eigenvalue weighted by Crippen LogP contribution is -2.27. The Kier molecular flexibility index (Phi) is 6.55. The van der Waals surface area contributed by atoms with Gasteiger partial charge in [0.05, 0.1) is 18.1 Å². The Morgan fingerprint density at radius 1 is 1.07 bits per heavy atom. The molecule has 0 aliphatic heterocycles. The minimum absolute atomic E-state index is 0.0919. The summed E-state index contributed by atoms with van der Waals surface area (Å²) in [5.74, 6) is 0.882. The maximum atomic E-state index is 12.6. The number of rotatable bonds is 10. The van der Waals surface area contributed by atoms with Crippen LogP contribution in [-0.4, -0.2) is 42.4 Å². The highest BCUT2D eigenvalue weighted by Gasteiger charge is 2.17. The highest BCUT2D eigenvalue weighted by Crippen LogP contribution is 2.30. The first-order valence-corrected chi connectivity index (χ1v) is 10.9. The summed E-state index contributed by atoms with van der Waals surface area (Å²) in [7, 11) is -3.72. The zero-order chi connectivity index (χ0) is 20.9. The standard InChI is InChI=1S/C19H24N4O5S/c1-3-27-16-10-9-15(14-17(16)28-4-2)29(25,26)20-11-7-13-23-19(24)22-12-6-5-8-18(22)21-23/h5-6,8-10,12,14,20H,3-4,7,11,13H2,1-2H3. The van der Waals surface area contributed by atoms with Crippen LogP contribution in [0.3, 0.4) is 0 Å². The lowest BCUT2D eigenvalue weighted by atomic mass is 10.3. The number of benzene rings is 1. The fourth-order valence-electron chi connectivity index (χ4n) is 2.83. The number of nitrogens with one attached hydrogen (secondary N) is 1. The van der Waals surface area contributed by atoms with Gasteiger partial charge in [0, 0.05) is 25.4 Å². The molecule has 0 aliphatic rings. The van der Waals surface area contributed by atoms with Crippen molar-refractivity contribution >= 4 is 15.7 Å². The van der Waals surface area contributed by atoms with Gasteiger partial charge in [0.15, 0.2) is 17.1 Å². The topological polar surface area (TPSA) is 104 Å². The molecule has 0 atom stereocenters. The maximum absolute atomic E-state index is 12.6. The first kappa shape index (κ1) is 20.9. The zero-order valence-electron chi connectivity index (χ0n) is 16.4. The van der Waals surface area contributed by atoms with Gasteiger partial charge in [-0.15, -0.1) is 5.10 Å². The molecule has 1 aromatic carbocycles. The van der Waals surface area contributed by atoms with Gasteiger partial charge < -0.3 is 9.47 Å². The number of aromatic nitrogens is 3. The van der Waals surface area contributed by atoms with Crippen LogP contribution < -0.4 is 19.9 Å². The monoisotopic (exact) mass is 420 g/mol. The number of hydrogen-bond acceptors (Lipinski definition) is 6. The number of aryl methyl sites for hydroxylation is 1. The fraction of sp³-hybridized carbons (Fsp3) is 0.368. The Morgan fingerprint density at radius 2 is 1.83 bits per heavy atom. The van der Waals surface area contributed by atoms with Gasteiger partial charge in [0.25, 0.3) is 0 Å². The van der Waals surface area contributed by atoms with Crippen LogP contribution in [0.5, 0.6) is 11.5 Å². The van der Waals surface area contributed by atoms with E-state index in [1.165, 1.54) is 21.2 Å². The van der Waals surface area contributed by atoms with E-state index < -0.39 is 10.0 Å². The van der Waals surface area contributed by atoms with Crippen molar-refractivity contribution in [1.29, 1.82) is 0 Å². The molecule has 0 bridgehead atoms. The zero-order valence-corrected chi connectivity index (χ0v) is 17.2. The summed E-state index contributed by atoms with van der Waals surface area (Å²) in [5, 5.41) is 4.22. The molecule has 10 heteroatoms. The summed E-state index contributed by atoms with van der Waals surface area (Å²) >= 11 is 0. The van der Waals surface area contributed by atoms with Crippen molar-refractivity contribution in [2.24, 2.45) is 0 Å².